The van der Waals surface area contributed by atoms with Gasteiger partial charge in [-0.25, -0.2) is 0 Å². The van der Waals surface area contributed by atoms with Gasteiger partial charge in [-0.3, -0.25) is 4.79 Å². The maximum Gasteiger partial charge on any atom is 0.186 e. The quantitative estimate of drug-likeness (QED) is 0.424. The molecule has 0 saturated heterocycles. The number of Topliss-reactive ketones (excluding diaryl/α,β-unsaturated/α-hetero) is 1. The van der Waals surface area contributed by atoms with Crippen LogP contribution in [0.25, 0.3) is 5.70 Å². The van der Waals surface area contributed by atoms with Gasteiger partial charge in [0.1, 0.15) is 23.8 Å². The van der Waals surface area contributed by atoms with Gasteiger partial charge >= 0.3 is 0 Å². The van der Waals surface area contributed by atoms with E-state index in [9.17, 15) is 4.79 Å². The molecule has 1 aromatic heterocycles. The first-order valence-corrected chi connectivity index (χ1v) is 12.4. The Morgan fingerprint density at radius 3 is 2.24 bits per heavy atom. The Balaban J connectivity index is 1.98. The van der Waals surface area contributed by atoms with Crippen LogP contribution >= 0.6 is 11.3 Å². The zero-order chi connectivity index (χ0) is 24.7. The highest BCUT2D eigenvalue weighted by Crippen LogP contribution is 2.47. The van der Waals surface area contributed by atoms with E-state index in [-0.39, 0.29) is 16.6 Å². The van der Waals surface area contributed by atoms with Crippen molar-refractivity contribution in [3.63, 3.8) is 0 Å². The normalized spacial score (nSPS) is 16.6. The van der Waals surface area contributed by atoms with Crippen LogP contribution < -0.4 is 9.47 Å². The molecule has 6 heteroatoms. The maximum atomic E-state index is 13.5. The van der Waals surface area contributed by atoms with Crippen molar-refractivity contribution in [1.82, 2.24) is 0 Å². The van der Waals surface area contributed by atoms with Crippen molar-refractivity contribution in [2.24, 2.45) is 21.1 Å². The number of carbonyl (C=O) groups is 1. The largest absolute Gasteiger partial charge is 0.485 e. The molecule has 178 valence electrons. The standard InChI is InChI=1S/C28H32N2O3S/c1-17-9-8-10-19(13-17)29-30-23(26-25-22(16-34-26)32-11-12-33-25)18-14-20(27(2,3)4)24(31)21(15-18)28(5,6)7/h8-10,13-16H,11-12H2,1-7H3. The van der Waals surface area contributed by atoms with Crippen molar-refractivity contribution < 1.29 is 14.3 Å². The Morgan fingerprint density at radius 1 is 0.971 bits per heavy atom. The predicted molar refractivity (Wildman–Crippen MR) is 138 cm³/mol. The van der Waals surface area contributed by atoms with Gasteiger partial charge in [0.2, 0.25) is 0 Å². The van der Waals surface area contributed by atoms with Crippen molar-refractivity contribution in [2.45, 2.75) is 48.5 Å². The number of azo groups is 1. The molecular formula is C28H32N2O3S. The molecule has 0 atom stereocenters. The Labute approximate surface area is 205 Å². The number of thiophene rings is 1. The summed E-state index contributed by atoms with van der Waals surface area (Å²) >= 11 is 1.52. The van der Waals surface area contributed by atoms with Gasteiger partial charge in [-0.15, -0.1) is 16.5 Å². The van der Waals surface area contributed by atoms with E-state index in [1.54, 1.807) is 0 Å². The molecule has 0 spiro atoms. The Hall–Kier alpha value is -2.99. The SMILES string of the molecule is Cc1cccc(N=NC(=C2C=C(C(C)(C)C)C(=O)C(C(C)(C)C)=C2)c2scc3c2OCCO3)c1. The van der Waals surface area contributed by atoms with Crippen LogP contribution in [0.5, 0.6) is 11.5 Å². The van der Waals surface area contributed by atoms with Crippen molar-refractivity contribution in [2.75, 3.05) is 13.2 Å². The number of nitrogens with zero attached hydrogens (tertiary/aromatic N) is 2. The third-order valence-electron chi connectivity index (χ3n) is 5.76. The second kappa shape index (κ2) is 8.99. The van der Waals surface area contributed by atoms with E-state index >= 15 is 0 Å². The monoisotopic (exact) mass is 476 g/mol. The van der Waals surface area contributed by atoms with Crippen LogP contribution in [0.15, 0.2) is 68.7 Å². The minimum absolute atomic E-state index is 0.0894. The highest BCUT2D eigenvalue weighted by atomic mass is 32.1. The Bertz CT molecular complexity index is 1210. The Kier molecular flexibility index (Phi) is 6.38. The molecule has 5 nitrogen and oxygen atoms in total. The fourth-order valence-corrected chi connectivity index (χ4v) is 4.88. The second-order valence-electron chi connectivity index (χ2n) is 10.7. The molecule has 2 aliphatic rings. The summed E-state index contributed by atoms with van der Waals surface area (Å²) in [6.07, 6.45) is 3.94. The zero-order valence-electron chi connectivity index (χ0n) is 21.0. The van der Waals surface area contributed by atoms with E-state index in [1.807, 2.05) is 48.7 Å². The molecule has 4 rings (SSSR count). The third kappa shape index (κ3) is 4.92. The molecule has 0 unspecified atom stereocenters. The molecular weight excluding hydrogens is 444 g/mol. The number of allylic oxidation sites excluding steroid dienone is 5. The number of carbonyl (C=O) groups excluding carboxylic acids is 1. The summed E-state index contributed by atoms with van der Waals surface area (Å²) in [6, 6.07) is 7.92. The van der Waals surface area contributed by atoms with Crippen molar-refractivity contribution in [3.8, 4) is 11.5 Å². The fraction of sp³-hybridized carbons (Fsp3) is 0.393. The summed E-state index contributed by atoms with van der Waals surface area (Å²) in [4.78, 5) is 14.3. The van der Waals surface area contributed by atoms with E-state index in [0.717, 1.165) is 38.6 Å². The number of benzene rings is 1. The number of aryl methyl sites for hydroxylation is 1. The average molecular weight is 477 g/mol. The number of ether oxygens (including phenoxy) is 2. The zero-order valence-corrected chi connectivity index (χ0v) is 21.8. The van der Waals surface area contributed by atoms with E-state index in [1.165, 1.54) is 11.3 Å². The number of ketones is 1. The van der Waals surface area contributed by atoms with Crippen molar-refractivity contribution >= 4 is 28.5 Å². The van der Waals surface area contributed by atoms with Gasteiger partial charge in [0, 0.05) is 22.1 Å². The fourth-order valence-electron chi connectivity index (χ4n) is 3.94. The van der Waals surface area contributed by atoms with Gasteiger partial charge in [-0.1, -0.05) is 53.7 Å². The summed E-state index contributed by atoms with van der Waals surface area (Å²) in [6.45, 7) is 15.4. The van der Waals surface area contributed by atoms with Crippen LogP contribution in [0.4, 0.5) is 5.69 Å². The van der Waals surface area contributed by atoms with Gasteiger partial charge < -0.3 is 9.47 Å². The van der Waals surface area contributed by atoms with E-state index in [4.69, 9.17) is 14.6 Å². The van der Waals surface area contributed by atoms with E-state index in [2.05, 4.69) is 46.7 Å². The number of fused-ring (bicyclic) bond motifs is 1. The summed E-state index contributed by atoms with van der Waals surface area (Å²) in [5.74, 6) is 1.50. The lowest BCUT2D eigenvalue weighted by atomic mass is 9.71. The van der Waals surface area contributed by atoms with Crippen LogP contribution in [-0.2, 0) is 4.79 Å². The number of hydrogen-bond donors (Lipinski definition) is 0. The molecule has 0 fully saturated rings. The molecule has 34 heavy (non-hydrogen) atoms. The molecule has 1 aliphatic heterocycles. The minimum Gasteiger partial charge on any atom is -0.485 e. The summed E-state index contributed by atoms with van der Waals surface area (Å²) in [7, 11) is 0. The lowest BCUT2D eigenvalue weighted by Crippen LogP contribution is -2.28. The first-order valence-electron chi connectivity index (χ1n) is 11.5. The molecule has 0 bridgehead atoms. The maximum absolute atomic E-state index is 13.5. The lowest BCUT2D eigenvalue weighted by molar-refractivity contribution is -0.114. The number of rotatable bonds is 3. The molecule has 2 aromatic rings. The molecule has 0 amide bonds. The molecule has 1 aromatic carbocycles. The molecule has 0 N–H and O–H groups in total. The van der Waals surface area contributed by atoms with Gasteiger partial charge in [-0.05, 0) is 47.6 Å². The van der Waals surface area contributed by atoms with Gasteiger partial charge in [0.05, 0.1) is 5.69 Å². The summed E-state index contributed by atoms with van der Waals surface area (Å²) in [5.41, 5.74) is 4.30. The number of hydrogen-bond acceptors (Lipinski definition) is 6. The second-order valence-corrected chi connectivity index (χ2v) is 11.6. The lowest BCUT2D eigenvalue weighted by Gasteiger charge is -2.31. The van der Waals surface area contributed by atoms with E-state index < -0.39 is 0 Å². The van der Waals surface area contributed by atoms with Gasteiger partial charge in [0.25, 0.3) is 0 Å². The molecule has 2 heterocycles. The van der Waals surface area contributed by atoms with Crippen molar-refractivity contribution in [3.05, 3.63) is 69.0 Å². The van der Waals surface area contributed by atoms with Crippen LogP contribution in [0, 0.1) is 17.8 Å². The van der Waals surface area contributed by atoms with Crippen LogP contribution in [0.1, 0.15) is 52.0 Å². The minimum atomic E-state index is -0.319. The van der Waals surface area contributed by atoms with Crippen LogP contribution in [-0.4, -0.2) is 19.0 Å². The van der Waals surface area contributed by atoms with Crippen molar-refractivity contribution in [1.29, 1.82) is 0 Å². The van der Waals surface area contributed by atoms with Gasteiger partial charge in [0.15, 0.2) is 17.3 Å². The summed E-state index contributed by atoms with van der Waals surface area (Å²) in [5, 5.41) is 11.3. The first kappa shape index (κ1) is 24.1. The van der Waals surface area contributed by atoms with Crippen LogP contribution in [0.2, 0.25) is 0 Å². The highest BCUT2D eigenvalue weighted by Gasteiger charge is 2.35. The first-order chi connectivity index (χ1) is 15.9. The molecule has 1 aliphatic carbocycles. The van der Waals surface area contributed by atoms with Gasteiger partial charge in [-0.2, -0.15) is 5.11 Å². The molecule has 0 radical (unpaired) electrons. The smallest absolute Gasteiger partial charge is 0.186 e. The Morgan fingerprint density at radius 2 is 1.62 bits per heavy atom. The molecule has 0 saturated carbocycles. The van der Waals surface area contributed by atoms with Crippen LogP contribution in [0.3, 0.4) is 0 Å². The topological polar surface area (TPSA) is 60.2 Å². The third-order valence-corrected chi connectivity index (χ3v) is 6.71. The highest BCUT2D eigenvalue weighted by molar-refractivity contribution is 7.11. The predicted octanol–water partition coefficient (Wildman–Crippen LogP) is 7.85. The average Bonchev–Trinajstić information content (AvgIpc) is 3.17. The summed E-state index contributed by atoms with van der Waals surface area (Å²) < 4.78 is 11.8. The van der Waals surface area contributed by atoms with E-state index in [0.29, 0.717) is 24.7 Å².